The fraction of sp³-hybridized carbons (Fsp3) is 0.625. The summed E-state index contributed by atoms with van der Waals surface area (Å²) in [6.45, 7) is 13.8. The largest absolute Gasteiger partial charge is 0.494 e. The molecule has 0 atom stereocenters. The maximum atomic E-state index is 11.2. The molecule has 7 heteroatoms. The number of hydrogen-bond acceptors (Lipinski definition) is 5. The summed E-state index contributed by atoms with van der Waals surface area (Å²) in [7, 11) is -0.540. The Labute approximate surface area is 137 Å². The fourth-order valence-corrected chi connectivity index (χ4v) is 2.34. The summed E-state index contributed by atoms with van der Waals surface area (Å²) in [5.41, 5.74) is 0.0869. The summed E-state index contributed by atoms with van der Waals surface area (Å²) >= 11 is 0. The van der Waals surface area contributed by atoms with Crippen LogP contribution in [0, 0.1) is 10.1 Å². The SMILES string of the molecule is CC(C)(C)Nc1cc(B2OC(C)(C)C(C)(C)O2)ccc1[N+](=O)[O-]. The summed E-state index contributed by atoms with van der Waals surface area (Å²) in [5, 5.41) is 14.4. The quantitative estimate of drug-likeness (QED) is 0.526. The molecule has 1 fully saturated rings. The van der Waals surface area contributed by atoms with E-state index in [1.54, 1.807) is 12.1 Å². The smallest absolute Gasteiger partial charge is 0.399 e. The second kappa shape index (κ2) is 5.49. The third-order valence-corrected chi connectivity index (χ3v) is 4.25. The molecule has 23 heavy (non-hydrogen) atoms. The number of anilines is 1. The van der Waals surface area contributed by atoms with Gasteiger partial charge in [0.05, 0.1) is 16.1 Å². The normalized spacial score (nSPS) is 19.7. The third kappa shape index (κ3) is 3.67. The van der Waals surface area contributed by atoms with E-state index < -0.39 is 18.3 Å². The zero-order valence-electron chi connectivity index (χ0n) is 14.9. The first kappa shape index (κ1) is 17.8. The van der Waals surface area contributed by atoms with Crippen molar-refractivity contribution in [2.24, 2.45) is 0 Å². The third-order valence-electron chi connectivity index (χ3n) is 4.25. The Kier molecular flexibility index (Phi) is 4.24. The van der Waals surface area contributed by atoms with Crippen molar-refractivity contribution in [2.45, 2.75) is 65.2 Å². The van der Waals surface area contributed by atoms with Gasteiger partial charge in [-0.15, -0.1) is 0 Å². The molecule has 1 saturated heterocycles. The Morgan fingerprint density at radius 2 is 1.65 bits per heavy atom. The van der Waals surface area contributed by atoms with Crippen molar-refractivity contribution in [1.82, 2.24) is 0 Å². The van der Waals surface area contributed by atoms with Crippen molar-refractivity contribution in [3.05, 3.63) is 28.3 Å². The van der Waals surface area contributed by atoms with Crippen LogP contribution in [0.4, 0.5) is 11.4 Å². The van der Waals surface area contributed by atoms with E-state index in [1.807, 2.05) is 48.5 Å². The lowest BCUT2D eigenvalue weighted by atomic mass is 9.78. The van der Waals surface area contributed by atoms with Crippen LogP contribution in [0.5, 0.6) is 0 Å². The molecule has 1 aliphatic rings. The molecule has 2 rings (SSSR count). The summed E-state index contributed by atoms with van der Waals surface area (Å²) in [6.07, 6.45) is 0. The maximum Gasteiger partial charge on any atom is 0.494 e. The maximum absolute atomic E-state index is 11.2. The van der Waals surface area contributed by atoms with Gasteiger partial charge in [-0.05, 0) is 60.0 Å². The van der Waals surface area contributed by atoms with Crippen molar-refractivity contribution in [3.63, 3.8) is 0 Å². The lowest BCUT2D eigenvalue weighted by molar-refractivity contribution is -0.384. The average Bonchev–Trinajstić information content (AvgIpc) is 2.56. The van der Waals surface area contributed by atoms with Crippen LogP contribution in [0.3, 0.4) is 0 Å². The summed E-state index contributed by atoms with van der Waals surface area (Å²) in [6, 6.07) is 4.92. The first-order valence-electron chi connectivity index (χ1n) is 7.75. The standard InChI is InChI=1S/C16H25BN2O4/c1-14(2,3)18-12-10-11(8-9-13(12)19(20)21)17-22-15(4,5)16(6,7)23-17/h8-10,18H,1-7H3. The predicted molar refractivity (Wildman–Crippen MR) is 92.2 cm³/mol. The van der Waals surface area contributed by atoms with Crippen LogP contribution in [0.15, 0.2) is 18.2 Å². The second-order valence-corrected chi connectivity index (χ2v) is 8.00. The molecule has 1 aromatic rings. The minimum Gasteiger partial charge on any atom is -0.399 e. The van der Waals surface area contributed by atoms with Gasteiger partial charge < -0.3 is 14.6 Å². The summed E-state index contributed by atoms with van der Waals surface area (Å²) in [4.78, 5) is 10.9. The van der Waals surface area contributed by atoms with Crippen LogP contribution >= 0.6 is 0 Å². The minimum atomic E-state index is -0.540. The Morgan fingerprint density at radius 1 is 1.13 bits per heavy atom. The molecule has 6 nitrogen and oxygen atoms in total. The van der Waals surface area contributed by atoms with E-state index in [1.165, 1.54) is 6.07 Å². The Bertz CT molecular complexity index is 607. The van der Waals surface area contributed by atoms with Crippen LogP contribution < -0.4 is 10.8 Å². The molecule has 0 aromatic heterocycles. The van der Waals surface area contributed by atoms with Gasteiger partial charge in [0.25, 0.3) is 5.69 Å². The first-order chi connectivity index (χ1) is 10.3. The fourth-order valence-electron chi connectivity index (χ4n) is 2.34. The van der Waals surface area contributed by atoms with Gasteiger partial charge in [-0.2, -0.15) is 0 Å². The summed E-state index contributed by atoms with van der Waals surface area (Å²) in [5.74, 6) is 0. The second-order valence-electron chi connectivity index (χ2n) is 8.00. The number of rotatable bonds is 3. The highest BCUT2D eigenvalue weighted by Crippen LogP contribution is 2.37. The van der Waals surface area contributed by atoms with E-state index in [0.29, 0.717) is 5.69 Å². The van der Waals surface area contributed by atoms with Gasteiger partial charge >= 0.3 is 7.12 Å². The van der Waals surface area contributed by atoms with E-state index in [-0.39, 0.29) is 16.1 Å². The van der Waals surface area contributed by atoms with E-state index in [9.17, 15) is 10.1 Å². The van der Waals surface area contributed by atoms with E-state index in [0.717, 1.165) is 5.46 Å². The highest BCUT2D eigenvalue weighted by Gasteiger charge is 2.51. The zero-order chi connectivity index (χ0) is 17.6. The van der Waals surface area contributed by atoms with Crippen LogP contribution in [0.25, 0.3) is 0 Å². The molecule has 1 aliphatic heterocycles. The van der Waals surface area contributed by atoms with Crippen LogP contribution in [0.2, 0.25) is 0 Å². The highest BCUT2D eigenvalue weighted by atomic mass is 16.7. The van der Waals surface area contributed by atoms with Crippen LogP contribution in [0.1, 0.15) is 48.5 Å². The Balaban J connectivity index is 2.39. The number of benzene rings is 1. The number of nitro groups is 1. The zero-order valence-corrected chi connectivity index (χ0v) is 14.9. The number of nitrogens with one attached hydrogen (secondary N) is 1. The molecular weight excluding hydrogens is 295 g/mol. The molecule has 1 N–H and O–H groups in total. The van der Waals surface area contributed by atoms with Crippen LogP contribution in [-0.2, 0) is 9.31 Å². The number of nitrogens with zero attached hydrogens (tertiary/aromatic N) is 1. The Hall–Kier alpha value is -1.60. The van der Waals surface area contributed by atoms with Crippen molar-refractivity contribution < 1.29 is 14.2 Å². The molecule has 0 saturated carbocycles. The van der Waals surface area contributed by atoms with Crippen molar-refractivity contribution in [2.75, 3.05) is 5.32 Å². The van der Waals surface area contributed by atoms with Gasteiger partial charge in [-0.1, -0.05) is 6.07 Å². The van der Waals surface area contributed by atoms with Gasteiger partial charge in [0.15, 0.2) is 0 Å². The molecule has 0 radical (unpaired) electrons. The lowest BCUT2D eigenvalue weighted by Gasteiger charge is -2.32. The molecule has 126 valence electrons. The van der Waals surface area contributed by atoms with Crippen molar-refractivity contribution in [1.29, 1.82) is 0 Å². The Morgan fingerprint density at radius 3 is 2.09 bits per heavy atom. The van der Waals surface area contributed by atoms with Crippen LogP contribution in [-0.4, -0.2) is 28.8 Å². The first-order valence-corrected chi connectivity index (χ1v) is 7.75. The molecule has 1 aromatic carbocycles. The van der Waals surface area contributed by atoms with Gasteiger partial charge in [-0.25, -0.2) is 0 Å². The topological polar surface area (TPSA) is 73.6 Å². The average molecular weight is 320 g/mol. The highest BCUT2D eigenvalue weighted by molar-refractivity contribution is 6.62. The summed E-state index contributed by atoms with van der Waals surface area (Å²) < 4.78 is 12.0. The minimum absolute atomic E-state index is 0.0418. The van der Waals surface area contributed by atoms with Gasteiger partial charge in [-0.3, -0.25) is 10.1 Å². The molecule has 0 aliphatic carbocycles. The molecule has 0 bridgehead atoms. The molecule has 1 heterocycles. The van der Waals surface area contributed by atoms with Gasteiger partial charge in [0.2, 0.25) is 0 Å². The number of nitro benzene ring substituents is 1. The van der Waals surface area contributed by atoms with Crippen molar-refractivity contribution >= 4 is 24.0 Å². The van der Waals surface area contributed by atoms with E-state index in [4.69, 9.17) is 9.31 Å². The monoisotopic (exact) mass is 320 g/mol. The van der Waals surface area contributed by atoms with Gasteiger partial charge in [0.1, 0.15) is 5.69 Å². The molecule has 0 spiro atoms. The predicted octanol–water partition coefficient (Wildman–Crippen LogP) is 3.10. The lowest BCUT2D eigenvalue weighted by Crippen LogP contribution is -2.41. The molecule has 0 unspecified atom stereocenters. The number of hydrogen-bond donors (Lipinski definition) is 1. The van der Waals surface area contributed by atoms with E-state index in [2.05, 4.69) is 5.32 Å². The van der Waals surface area contributed by atoms with Gasteiger partial charge in [0, 0.05) is 11.6 Å². The van der Waals surface area contributed by atoms with E-state index >= 15 is 0 Å². The van der Waals surface area contributed by atoms with Crippen molar-refractivity contribution in [3.8, 4) is 0 Å². The molecular formula is C16H25BN2O4. The molecule has 0 amide bonds.